The van der Waals surface area contributed by atoms with Crippen molar-refractivity contribution in [2.24, 2.45) is 11.8 Å². The lowest BCUT2D eigenvalue weighted by molar-refractivity contribution is -0.148. The van der Waals surface area contributed by atoms with Crippen molar-refractivity contribution in [1.82, 2.24) is 5.32 Å². The number of amides is 2. The zero-order valence-electron chi connectivity index (χ0n) is 13.0. The van der Waals surface area contributed by atoms with Gasteiger partial charge in [0.2, 0.25) is 0 Å². The Balaban J connectivity index is 1.55. The van der Waals surface area contributed by atoms with Crippen molar-refractivity contribution in [2.45, 2.75) is 32.2 Å². The van der Waals surface area contributed by atoms with Gasteiger partial charge in [0.1, 0.15) is 0 Å². The molecule has 0 aromatic heterocycles. The predicted molar refractivity (Wildman–Crippen MR) is 83.8 cm³/mol. The first kappa shape index (κ1) is 15.5. The SMILES string of the molecule is C[C@H]1C[C@H]1C(=O)OCC(=O)Nc1ccccc1C(=O)NC1CC1. The van der Waals surface area contributed by atoms with E-state index in [4.69, 9.17) is 4.74 Å². The van der Waals surface area contributed by atoms with Gasteiger partial charge in [-0.15, -0.1) is 0 Å². The van der Waals surface area contributed by atoms with Crippen molar-refractivity contribution in [2.75, 3.05) is 11.9 Å². The van der Waals surface area contributed by atoms with Crippen LogP contribution in [0.4, 0.5) is 5.69 Å². The topological polar surface area (TPSA) is 84.5 Å². The summed E-state index contributed by atoms with van der Waals surface area (Å²) < 4.78 is 4.99. The van der Waals surface area contributed by atoms with E-state index < -0.39 is 5.91 Å². The average molecular weight is 316 g/mol. The highest BCUT2D eigenvalue weighted by Crippen LogP contribution is 2.38. The number of carbonyl (C=O) groups excluding carboxylic acids is 3. The van der Waals surface area contributed by atoms with Crippen LogP contribution in [-0.4, -0.2) is 30.4 Å². The van der Waals surface area contributed by atoms with Crippen LogP contribution in [0.25, 0.3) is 0 Å². The highest BCUT2D eigenvalue weighted by atomic mass is 16.5. The Morgan fingerprint density at radius 1 is 1.22 bits per heavy atom. The lowest BCUT2D eigenvalue weighted by atomic mass is 10.1. The van der Waals surface area contributed by atoms with Gasteiger partial charge in [0, 0.05) is 6.04 Å². The number of para-hydroxylation sites is 1. The molecule has 0 spiro atoms. The molecule has 122 valence electrons. The zero-order chi connectivity index (χ0) is 16.4. The fourth-order valence-electron chi connectivity index (χ4n) is 2.36. The maximum Gasteiger partial charge on any atom is 0.309 e. The first-order valence-electron chi connectivity index (χ1n) is 7.91. The Kier molecular flexibility index (Phi) is 4.32. The molecule has 2 aliphatic rings. The maximum absolute atomic E-state index is 12.1. The second kappa shape index (κ2) is 6.40. The molecule has 1 aromatic rings. The number of hydrogen-bond acceptors (Lipinski definition) is 4. The molecule has 2 saturated carbocycles. The minimum Gasteiger partial charge on any atom is -0.455 e. The van der Waals surface area contributed by atoms with Crippen LogP contribution in [0, 0.1) is 11.8 Å². The normalized spacial score (nSPS) is 22.1. The molecular formula is C17H20N2O4. The van der Waals surface area contributed by atoms with E-state index in [-0.39, 0.29) is 30.4 Å². The fraction of sp³-hybridized carbons (Fsp3) is 0.471. The van der Waals surface area contributed by atoms with Crippen LogP contribution in [0.2, 0.25) is 0 Å². The summed E-state index contributed by atoms with van der Waals surface area (Å²) in [4.78, 5) is 35.7. The Labute approximate surface area is 134 Å². The maximum atomic E-state index is 12.1. The number of ether oxygens (including phenoxy) is 1. The van der Waals surface area contributed by atoms with Crippen LogP contribution in [0.5, 0.6) is 0 Å². The number of benzene rings is 1. The summed E-state index contributed by atoms with van der Waals surface area (Å²) in [5.41, 5.74) is 0.835. The number of carbonyl (C=O) groups is 3. The number of anilines is 1. The molecule has 2 fully saturated rings. The smallest absolute Gasteiger partial charge is 0.309 e. The van der Waals surface area contributed by atoms with Gasteiger partial charge in [-0.05, 0) is 37.3 Å². The van der Waals surface area contributed by atoms with Gasteiger partial charge >= 0.3 is 5.97 Å². The lowest BCUT2D eigenvalue weighted by Crippen LogP contribution is -2.28. The predicted octanol–water partition coefficient (Wildman–Crippen LogP) is 1.72. The van der Waals surface area contributed by atoms with Crippen LogP contribution in [-0.2, 0) is 14.3 Å². The molecule has 0 aliphatic heterocycles. The molecule has 2 N–H and O–H groups in total. The zero-order valence-corrected chi connectivity index (χ0v) is 13.0. The van der Waals surface area contributed by atoms with Gasteiger partial charge in [-0.1, -0.05) is 19.1 Å². The van der Waals surface area contributed by atoms with E-state index in [9.17, 15) is 14.4 Å². The van der Waals surface area contributed by atoms with Gasteiger partial charge in [-0.25, -0.2) is 0 Å². The van der Waals surface area contributed by atoms with Crippen LogP contribution in [0.15, 0.2) is 24.3 Å². The Bertz CT molecular complexity index is 639. The van der Waals surface area contributed by atoms with E-state index >= 15 is 0 Å². The van der Waals surface area contributed by atoms with Crippen molar-refractivity contribution >= 4 is 23.5 Å². The monoisotopic (exact) mass is 316 g/mol. The third-order valence-electron chi connectivity index (χ3n) is 4.12. The van der Waals surface area contributed by atoms with Crippen LogP contribution in [0.1, 0.15) is 36.5 Å². The van der Waals surface area contributed by atoms with E-state index in [2.05, 4.69) is 10.6 Å². The van der Waals surface area contributed by atoms with Gasteiger partial charge in [0.15, 0.2) is 6.61 Å². The van der Waals surface area contributed by atoms with Crippen molar-refractivity contribution in [3.05, 3.63) is 29.8 Å². The number of esters is 1. The average Bonchev–Trinajstić information content (AvgIpc) is 3.44. The summed E-state index contributed by atoms with van der Waals surface area (Å²) in [6.07, 6.45) is 2.82. The standard InChI is InChI=1S/C17H20N2O4/c1-10-8-13(10)17(22)23-9-15(20)19-14-5-3-2-4-12(14)16(21)18-11-6-7-11/h2-5,10-11,13H,6-9H2,1H3,(H,18,21)(H,19,20)/t10-,13+/m0/s1. The second-order valence-electron chi connectivity index (χ2n) is 6.27. The third kappa shape index (κ3) is 4.09. The minimum atomic E-state index is -0.446. The minimum absolute atomic E-state index is 0.0700. The summed E-state index contributed by atoms with van der Waals surface area (Å²) in [6, 6.07) is 7.04. The molecule has 6 nitrogen and oxygen atoms in total. The van der Waals surface area contributed by atoms with Crippen molar-refractivity contribution in [1.29, 1.82) is 0 Å². The lowest BCUT2D eigenvalue weighted by Gasteiger charge is -2.11. The molecule has 0 radical (unpaired) electrons. The molecule has 2 amide bonds. The highest BCUT2D eigenvalue weighted by Gasteiger charge is 2.40. The second-order valence-corrected chi connectivity index (χ2v) is 6.27. The van der Waals surface area contributed by atoms with Crippen molar-refractivity contribution in [3.8, 4) is 0 Å². The summed E-state index contributed by atoms with van der Waals surface area (Å²) in [7, 11) is 0. The molecule has 6 heteroatoms. The molecule has 2 atom stereocenters. The molecule has 0 heterocycles. The van der Waals surface area contributed by atoms with Gasteiger partial charge in [-0.2, -0.15) is 0 Å². The molecule has 2 aliphatic carbocycles. The molecule has 0 saturated heterocycles. The van der Waals surface area contributed by atoms with Crippen LogP contribution < -0.4 is 10.6 Å². The van der Waals surface area contributed by atoms with Gasteiger partial charge in [0.25, 0.3) is 11.8 Å². The van der Waals surface area contributed by atoms with E-state index in [1.807, 2.05) is 6.92 Å². The first-order chi connectivity index (χ1) is 11.0. The molecule has 1 aromatic carbocycles. The number of hydrogen-bond donors (Lipinski definition) is 2. The molecule has 23 heavy (non-hydrogen) atoms. The van der Waals surface area contributed by atoms with E-state index in [0.717, 1.165) is 19.3 Å². The fourth-order valence-corrected chi connectivity index (χ4v) is 2.36. The Morgan fingerprint density at radius 2 is 1.91 bits per heavy atom. The molecular weight excluding hydrogens is 296 g/mol. The molecule has 3 rings (SSSR count). The quantitative estimate of drug-likeness (QED) is 0.783. The van der Waals surface area contributed by atoms with Crippen LogP contribution >= 0.6 is 0 Å². The van der Waals surface area contributed by atoms with E-state index in [1.54, 1.807) is 24.3 Å². The Morgan fingerprint density at radius 3 is 2.57 bits per heavy atom. The third-order valence-corrected chi connectivity index (χ3v) is 4.12. The largest absolute Gasteiger partial charge is 0.455 e. The van der Waals surface area contributed by atoms with Gasteiger partial charge in [0.05, 0.1) is 17.2 Å². The van der Waals surface area contributed by atoms with Gasteiger partial charge < -0.3 is 15.4 Å². The van der Waals surface area contributed by atoms with Crippen molar-refractivity contribution < 1.29 is 19.1 Å². The van der Waals surface area contributed by atoms with Gasteiger partial charge in [-0.3, -0.25) is 14.4 Å². The summed E-state index contributed by atoms with van der Waals surface area (Å²) in [6.45, 7) is 1.64. The Hall–Kier alpha value is -2.37. The van der Waals surface area contributed by atoms with Crippen molar-refractivity contribution in [3.63, 3.8) is 0 Å². The highest BCUT2D eigenvalue weighted by molar-refractivity contribution is 6.04. The first-order valence-corrected chi connectivity index (χ1v) is 7.91. The number of nitrogens with one attached hydrogen (secondary N) is 2. The molecule has 0 unspecified atom stereocenters. The summed E-state index contributed by atoms with van der Waals surface area (Å²) >= 11 is 0. The summed E-state index contributed by atoms with van der Waals surface area (Å²) in [5.74, 6) is -0.699. The number of rotatable bonds is 6. The van der Waals surface area contributed by atoms with E-state index in [0.29, 0.717) is 17.2 Å². The summed E-state index contributed by atoms with van der Waals surface area (Å²) in [5, 5.41) is 5.52. The van der Waals surface area contributed by atoms with E-state index in [1.165, 1.54) is 0 Å². The van der Waals surface area contributed by atoms with Crippen LogP contribution in [0.3, 0.4) is 0 Å². The molecule has 0 bridgehead atoms.